The minimum absolute atomic E-state index is 0.247. The molecule has 0 aromatic heterocycles. The van der Waals surface area contributed by atoms with Gasteiger partial charge >= 0.3 is 0 Å². The molecule has 0 aromatic carbocycles. The lowest BCUT2D eigenvalue weighted by molar-refractivity contribution is -0.124. The number of likely N-dealkylation sites (N-methyl/N-ethyl adjacent to an activating group) is 1. The van der Waals surface area contributed by atoms with Gasteiger partial charge in [-0.1, -0.05) is 6.92 Å². The third-order valence-electron chi connectivity index (χ3n) is 5.07. The number of likely N-dealkylation sites (tertiary alicyclic amines) is 2. The molecule has 0 aliphatic carbocycles. The molecule has 21 heavy (non-hydrogen) atoms. The smallest absolute Gasteiger partial charge is 0.238 e. The Morgan fingerprint density at radius 1 is 1.19 bits per heavy atom. The summed E-state index contributed by atoms with van der Waals surface area (Å²) in [5.41, 5.74) is 4.97. The first-order valence-electron chi connectivity index (χ1n) is 8.53. The molecule has 2 saturated heterocycles. The molecule has 3 N–H and O–H groups in total. The molecule has 2 fully saturated rings. The highest BCUT2D eigenvalue weighted by Gasteiger charge is 2.33. The second kappa shape index (κ2) is 7.56. The van der Waals surface area contributed by atoms with Crippen LogP contribution in [-0.4, -0.2) is 67.1 Å². The van der Waals surface area contributed by atoms with Crippen molar-refractivity contribution in [2.24, 2.45) is 11.7 Å². The second-order valence-electron chi connectivity index (χ2n) is 6.95. The van der Waals surface area contributed by atoms with Crippen LogP contribution < -0.4 is 11.1 Å². The van der Waals surface area contributed by atoms with Gasteiger partial charge in [0.15, 0.2) is 0 Å². The Kier molecular flexibility index (Phi) is 6.02. The summed E-state index contributed by atoms with van der Waals surface area (Å²) in [6.07, 6.45) is 5.24. The van der Waals surface area contributed by atoms with Crippen molar-refractivity contribution in [1.82, 2.24) is 15.1 Å². The monoisotopic (exact) mass is 296 g/mol. The first-order chi connectivity index (χ1) is 10.0. The molecular formula is C16H32N4O. The summed E-state index contributed by atoms with van der Waals surface area (Å²) in [5, 5.41) is 3.25. The van der Waals surface area contributed by atoms with Gasteiger partial charge in [-0.05, 0) is 71.2 Å². The maximum absolute atomic E-state index is 11.7. The zero-order valence-corrected chi connectivity index (χ0v) is 13.7. The first kappa shape index (κ1) is 16.7. The molecule has 0 saturated carbocycles. The van der Waals surface area contributed by atoms with Gasteiger partial charge in [-0.15, -0.1) is 0 Å². The summed E-state index contributed by atoms with van der Waals surface area (Å²) in [6, 6.07) is 0. The number of carbonyl (C=O) groups is 1. The van der Waals surface area contributed by atoms with E-state index >= 15 is 0 Å². The van der Waals surface area contributed by atoms with Gasteiger partial charge in [0.2, 0.25) is 5.91 Å². The van der Waals surface area contributed by atoms with Gasteiger partial charge in [-0.2, -0.15) is 0 Å². The van der Waals surface area contributed by atoms with Crippen molar-refractivity contribution in [2.75, 3.05) is 45.8 Å². The second-order valence-corrected chi connectivity index (χ2v) is 6.95. The summed E-state index contributed by atoms with van der Waals surface area (Å²) in [5.74, 6) is 0.585. The van der Waals surface area contributed by atoms with E-state index in [1.165, 1.54) is 45.3 Å². The highest BCUT2D eigenvalue weighted by atomic mass is 16.1. The molecule has 2 heterocycles. The number of hydrogen-bond acceptors (Lipinski definition) is 4. The Hall–Kier alpha value is -0.650. The Labute approximate surface area is 129 Å². The van der Waals surface area contributed by atoms with E-state index in [-0.39, 0.29) is 5.91 Å². The summed E-state index contributed by atoms with van der Waals surface area (Å²) in [4.78, 5) is 16.7. The minimum Gasteiger partial charge on any atom is -0.368 e. The Morgan fingerprint density at radius 3 is 2.33 bits per heavy atom. The number of nitrogens with one attached hydrogen (secondary N) is 1. The highest BCUT2D eigenvalue weighted by molar-refractivity contribution is 5.84. The molecule has 122 valence electrons. The fourth-order valence-corrected chi connectivity index (χ4v) is 3.72. The number of piperidine rings is 1. The maximum atomic E-state index is 11.7. The highest BCUT2D eigenvalue weighted by Crippen LogP contribution is 2.21. The van der Waals surface area contributed by atoms with Crippen LogP contribution >= 0.6 is 0 Å². The van der Waals surface area contributed by atoms with Crippen molar-refractivity contribution in [3.63, 3.8) is 0 Å². The average Bonchev–Trinajstić information content (AvgIpc) is 2.94. The fraction of sp³-hybridized carbons (Fsp3) is 0.938. The number of hydrogen-bond donors (Lipinski definition) is 2. The SMILES string of the molecule is CCNC(C)(CN1CCC(CN2CCCC2)CC1)C(N)=O. The number of nitrogens with two attached hydrogens (primary N) is 1. The Balaban J connectivity index is 1.76. The standard InChI is InChI=1S/C16H32N4O/c1-3-18-16(2,15(17)21)13-20-10-6-14(7-11-20)12-19-8-4-5-9-19/h14,18H,3-13H2,1-2H3,(H2,17,21). The van der Waals surface area contributed by atoms with Crippen molar-refractivity contribution < 1.29 is 4.79 Å². The van der Waals surface area contributed by atoms with E-state index < -0.39 is 5.54 Å². The molecular weight excluding hydrogens is 264 g/mol. The van der Waals surface area contributed by atoms with E-state index in [0.717, 1.165) is 32.1 Å². The molecule has 5 heteroatoms. The van der Waals surface area contributed by atoms with Gasteiger partial charge in [-0.3, -0.25) is 4.79 Å². The number of carbonyl (C=O) groups excluding carboxylic acids is 1. The molecule has 0 spiro atoms. The lowest BCUT2D eigenvalue weighted by Crippen LogP contribution is -2.60. The average molecular weight is 296 g/mol. The predicted octanol–water partition coefficient (Wildman–Crippen LogP) is 0.648. The van der Waals surface area contributed by atoms with Crippen LogP contribution in [0.4, 0.5) is 0 Å². The lowest BCUT2D eigenvalue weighted by atomic mass is 9.93. The molecule has 0 bridgehead atoms. The number of primary amides is 1. The predicted molar refractivity (Wildman–Crippen MR) is 86.1 cm³/mol. The molecule has 0 radical (unpaired) electrons. The normalized spacial score (nSPS) is 25.0. The molecule has 2 aliphatic heterocycles. The lowest BCUT2D eigenvalue weighted by Gasteiger charge is -2.38. The Bertz CT molecular complexity index is 335. The number of rotatable bonds is 7. The molecule has 0 aromatic rings. The Morgan fingerprint density at radius 2 is 1.81 bits per heavy atom. The third kappa shape index (κ3) is 4.66. The van der Waals surface area contributed by atoms with Gasteiger partial charge in [0.25, 0.3) is 0 Å². The largest absolute Gasteiger partial charge is 0.368 e. The van der Waals surface area contributed by atoms with Crippen LogP contribution in [0.1, 0.15) is 39.5 Å². The van der Waals surface area contributed by atoms with E-state index in [2.05, 4.69) is 15.1 Å². The van der Waals surface area contributed by atoms with E-state index in [1.54, 1.807) is 0 Å². The topological polar surface area (TPSA) is 61.6 Å². The van der Waals surface area contributed by atoms with E-state index in [1.807, 2.05) is 13.8 Å². The molecule has 1 unspecified atom stereocenters. The summed E-state index contributed by atoms with van der Waals surface area (Å²) in [7, 11) is 0. The van der Waals surface area contributed by atoms with Crippen molar-refractivity contribution in [3.8, 4) is 0 Å². The molecule has 2 aliphatic rings. The molecule has 5 nitrogen and oxygen atoms in total. The van der Waals surface area contributed by atoms with Crippen molar-refractivity contribution in [2.45, 2.75) is 45.1 Å². The van der Waals surface area contributed by atoms with Crippen LogP contribution in [0.3, 0.4) is 0 Å². The first-order valence-corrected chi connectivity index (χ1v) is 8.53. The summed E-state index contributed by atoms with van der Waals surface area (Å²) in [6.45, 7) is 11.5. The number of amides is 1. The molecule has 2 rings (SSSR count). The van der Waals surface area contributed by atoms with Crippen LogP contribution in [0.15, 0.2) is 0 Å². The van der Waals surface area contributed by atoms with Gasteiger partial charge in [-0.25, -0.2) is 0 Å². The maximum Gasteiger partial charge on any atom is 0.238 e. The quantitative estimate of drug-likeness (QED) is 0.724. The summed E-state index contributed by atoms with van der Waals surface area (Å²) < 4.78 is 0. The van der Waals surface area contributed by atoms with E-state index in [0.29, 0.717) is 0 Å². The third-order valence-corrected chi connectivity index (χ3v) is 5.07. The van der Waals surface area contributed by atoms with Gasteiger partial charge in [0, 0.05) is 13.1 Å². The van der Waals surface area contributed by atoms with Crippen molar-refractivity contribution in [1.29, 1.82) is 0 Å². The van der Waals surface area contributed by atoms with Gasteiger partial charge in [0.1, 0.15) is 5.54 Å². The van der Waals surface area contributed by atoms with Crippen LogP contribution in [0.2, 0.25) is 0 Å². The molecule has 1 atom stereocenters. The van der Waals surface area contributed by atoms with Crippen molar-refractivity contribution in [3.05, 3.63) is 0 Å². The van der Waals surface area contributed by atoms with Crippen molar-refractivity contribution >= 4 is 5.91 Å². The van der Waals surface area contributed by atoms with E-state index in [4.69, 9.17) is 5.73 Å². The van der Waals surface area contributed by atoms with Gasteiger partial charge < -0.3 is 20.9 Å². The van der Waals surface area contributed by atoms with E-state index in [9.17, 15) is 4.79 Å². The van der Waals surface area contributed by atoms with Crippen LogP contribution in [-0.2, 0) is 4.79 Å². The summed E-state index contributed by atoms with van der Waals surface area (Å²) >= 11 is 0. The minimum atomic E-state index is -0.601. The van der Waals surface area contributed by atoms with Crippen LogP contribution in [0.25, 0.3) is 0 Å². The zero-order valence-electron chi connectivity index (χ0n) is 13.7. The van der Waals surface area contributed by atoms with Gasteiger partial charge in [0.05, 0.1) is 0 Å². The number of nitrogens with zero attached hydrogens (tertiary/aromatic N) is 2. The van der Waals surface area contributed by atoms with Crippen LogP contribution in [0.5, 0.6) is 0 Å². The molecule has 1 amide bonds. The zero-order chi connectivity index (χ0) is 15.3. The fourth-order valence-electron chi connectivity index (χ4n) is 3.72. The van der Waals surface area contributed by atoms with Crippen LogP contribution in [0, 0.1) is 5.92 Å².